The van der Waals surface area contributed by atoms with Gasteiger partial charge in [-0.2, -0.15) is 5.26 Å². The summed E-state index contributed by atoms with van der Waals surface area (Å²) in [6.45, 7) is 6.76. The molecule has 0 unspecified atom stereocenters. The fourth-order valence-electron chi connectivity index (χ4n) is 1.42. The number of rotatable bonds is 2. The van der Waals surface area contributed by atoms with Crippen molar-refractivity contribution in [2.24, 2.45) is 0 Å². The van der Waals surface area contributed by atoms with Crippen molar-refractivity contribution >= 4 is 13.3 Å². The number of hydrogen-bond donors (Lipinski definition) is 0. The molecule has 0 aliphatic heterocycles. The molecular weight excluding hydrogens is 186 g/mol. The lowest BCUT2D eigenvalue weighted by Crippen LogP contribution is -2.22. The van der Waals surface area contributed by atoms with E-state index in [0.29, 0.717) is 0 Å². The normalized spacial score (nSPS) is 12.3. The van der Waals surface area contributed by atoms with E-state index in [4.69, 9.17) is 5.26 Å². The van der Waals surface area contributed by atoms with Gasteiger partial charge in [0.15, 0.2) is 0 Å². The molecule has 0 atom stereocenters. The summed E-state index contributed by atoms with van der Waals surface area (Å²) in [4.78, 5) is 0. The Bertz CT molecular complexity index is 366. The SMILES string of the molecule is C[Si](C)(C)/C(=C/C#N)c1ccccc1. The lowest BCUT2D eigenvalue weighted by Gasteiger charge is -2.20. The summed E-state index contributed by atoms with van der Waals surface area (Å²) in [6.07, 6.45) is 1.70. The maximum Gasteiger partial charge on any atom is 0.0911 e. The zero-order valence-electron chi connectivity index (χ0n) is 8.91. The second-order valence-corrected chi connectivity index (χ2v) is 9.34. The van der Waals surface area contributed by atoms with Crippen LogP contribution in [-0.2, 0) is 0 Å². The second-order valence-electron chi connectivity index (χ2n) is 4.30. The quantitative estimate of drug-likeness (QED) is 0.531. The van der Waals surface area contributed by atoms with Gasteiger partial charge in [-0.05, 0) is 10.8 Å². The molecule has 0 aliphatic rings. The summed E-state index contributed by atoms with van der Waals surface area (Å²) < 4.78 is 0. The van der Waals surface area contributed by atoms with Gasteiger partial charge in [-0.3, -0.25) is 0 Å². The number of benzene rings is 1. The van der Waals surface area contributed by atoms with Crippen LogP contribution in [-0.4, -0.2) is 8.07 Å². The Kier molecular flexibility index (Phi) is 3.26. The molecule has 0 amide bonds. The van der Waals surface area contributed by atoms with Crippen LogP contribution in [0.4, 0.5) is 0 Å². The molecule has 0 aliphatic carbocycles. The van der Waals surface area contributed by atoms with Crippen LogP contribution in [0.5, 0.6) is 0 Å². The Hall–Kier alpha value is -1.33. The molecule has 1 nitrogen and oxygen atoms in total. The topological polar surface area (TPSA) is 23.8 Å². The minimum Gasteiger partial charge on any atom is -0.193 e. The predicted molar refractivity (Wildman–Crippen MR) is 63.4 cm³/mol. The zero-order valence-corrected chi connectivity index (χ0v) is 9.91. The lowest BCUT2D eigenvalue weighted by atomic mass is 10.2. The largest absolute Gasteiger partial charge is 0.193 e. The van der Waals surface area contributed by atoms with E-state index in [2.05, 4.69) is 37.8 Å². The highest BCUT2D eigenvalue weighted by molar-refractivity contribution is 6.93. The Morgan fingerprint density at radius 1 is 1.21 bits per heavy atom. The predicted octanol–water partition coefficient (Wildman–Crippen LogP) is 3.47. The Labute approximate surface area is 86.7 Å². The number of nitriles is 1. The molecule has 0 aromatic heterocycles. The molecular formula is C12H15NSi. The molecule has 2 heteroatoms. The molecule has 0 fully saturated rings. The Balaban J connectivity index is 3.17. The highest BCUT2D eigenvalue weighted by Crippen LogP contribution is 2.25. The van der Waals surface area contributed by atoms with Crippen LogP contribution in [0.15, 0.2) is 36.4 Å². The second kappa shape index (κ2) is 4.25. The van der Waals surface area contributed by atoms with Gasteiger partial charge in [0, 0.05) is 6.08 Å². The van der Waals surface area contributed by atoms with Gasteiger partial charge in [-0.25, -0.2) is 0 Å². The van der Waals surface area contributed by atoms with E-state index in [1.165, 1.54) is 10.8 Å². The van der Waals surface area contributed by atoms with E-state index in [-0.39, 0.29) is 0 Å². The first-order valence-corrected chi connectivity index (χ1v) is 8.21. The van der Waals surface area contributed by atoms with Gasteiger partial charge >= 0.3 is 0 Å². The fourth-order valence-corrected chi connectivity index (χ4v) is 2.95. The number of nitrogens with zero attached hydrogens (tertiary/aromatic N) is 1. The minimum absolute atomic E-state index is 1.19. The van der Waals surface area contributed by atoms with Crippen molar-refractivity contribution in [3.63, 3.8) is 0 Å². The molecule has 0 N–H and O–H groups in total. The number of hydrogen-bond acceptors (Lipinski definition) is 1. The third-order valence-electron chi connectivity index (χ3n) is 2.10. The summed E-state index contributed by atoms with van der Waals surface area (Å²) in [5.74, 6) is 0. The van der Waals surface area contributed by atoms with E-state index >= 15 is 0 Å². The van der Waals surface area contributed by atoms with E-state index in [9.17, 15) is 0 Å². The van der Waals surface area contributed by atoms with Crippen molar-refractivity contribution in [1.82, 2.24) is 0 Å². The summed E-state index contributed by atoms with van der Waals surface area (Å²) in [5.41, 5.74) is 1.19. The van der Waals surface area contributed by atoms with Crippen LogP contribution in [0.1, 0.15) is 5.56 Å². The van der Waals surface area contributed by atoms with E-state index in [1.54, 1.807) is 6.08 Å². The highest BCUT2D eigenvalue weighted by Gasteiger charge is 2.20. The van der Waals surface area contributed by atoms with Crippen LogP contribution in [0.2, 0.25) is 19.6 Å². The van der Waals surface area contributed by atoms with E-state index < -0.39 is 8.07 Å². The van der Waals surface area contributed by atoms with E-state index in [1.807, 2.05) is 18.2 Å². The molecule has 1 aromatic carbocycles. The van der Waals surface area contributed by atoms with Crippen LogP contribution in [0, 0.1) is 11.3 Å². The molecule has 14 heavy (non-hydrogen) atoms. The summed E-state index contributed by atoms with van der Waals surface area (Å²) >= 11 is 0. The average molecular weight is 201 g/mol. The van der Waals surface area contributed by atoms with Gasteiger partial charge in [-0.1, -0.05) is 50.0 Å². The Morgan fingerprint density at radius 2 is 1.79 bits per heavy atom. The van der Waals surface area contributed by atoms with Gasteiger partial charge in [0.2, 0.25) is 0 Å². The average Bonchev–Trinajstić information content (AvgIpc) is 2.14. The maximum absolute atomic E-state index is 8.76. The van der Waals surface area contributed by atoms with Gasteiger partial charge in [-0.15, -0.1) is 0 Å². The summed E-state index contributed by atoms with van der Waals surface area (Å²) in [6, 6.07) is 12.3. The van der Waals surface area contributed by atoms with Crippen LogP contribution < -0.4 is 0 Å². The van der Waals surface area contributed by atoms with Crippen molar-refractivity contribution in [3.8, 4) is 6.07 Å². The van der Waals surface area contributed by atoms with E-state index in [0.717, 1.165) is 0 Å². The maximum atomic E-state index is 8.76. The van der Waals surface area contributed by atoms with Gasteiger partial charge in [0.1, 0.15) is 0 Å². The molecule has 0 spiro atoms. The smallest absolute Gasteiger partial charge is 0.0911 e. The van der Waals surface area contributed by atoms with Crippen molar-refractivity contribution in [1.29, 1.82) is 5.26 Å². The first kappa shape index (κ1) is 10.7. The molecule has 0 bridgehead atoms. The zero-order chi connectivity index (χ0) is 10.6. The van der Waals surface area contributed by atoms with Crippen LogP contribution in [0.25, 0.3) is 5.20 Å². The van der Waals surface area contributed by atoms with Crippen molar-refractivity contribution in [2.45, 2.75) is 19.6 Å². The first-order chi connectivity index (χ1) is 6.55. The first-order valence-electron chi connectivity index (χ1n) is 4.71. The van der Waals surface area contributed by atoms with Crippen molar-refractivity contribution in [2.75, 3.05) is 0 Å². The monoisotopic (exact) mass is 201 g/mol. The molecule has 0 radical (unpaired) electrons. The van der Waals surface area contributed by atoms with Crippen molar-refractivity contribution in [3.05, 3.63) is 42.0 Å². The Morgan fingerprint density at radius 3 is 2.21 bits per heavy atom. The third kappa shape index (κ3) is 2.58. The summed E-state index contributed by atoms with van der Waals surface area (Å²) in [5, 5.41) is 9.98. The molecule has 0 saturated heterocycles. The fraction of sp³-hybridized carbons (Fsp3) is 0.250. The minimum atomic E-state index is -1.41. The highest BCUT2D eigenvalue weighted by atomic mass is 28.3. The lowest BCUT2D eigenvalue weighted by molar-refractivity contribution is 1.53. The summed E-state index contributed by atoms with van der Waals surface area (Å²) in [7, 11) is -1.41. The van der Waals surface area contributed by atoms with Crippen LogP contribution >= 0.6 is 0 Å². The van der Waals surface area contributed by atoms with Gasteiger partial charge in [0.05, 0.1) is 14.1 Å². The van der Waals surface area contributed by atoms with Crippen molar-refractivity contribution < 1.29 is 0 Å². The third-order valence-corrected chi connectivity index (χ3v) is 4.15. The molecule has 1 rings (SSSR count). The molecule has 0 saturated carbocycles. The molecule has 72 valence electrons. The van der Waals surface area contributed by atoms with Gasteiger partial charge in [0.25, 0.3) is 0 Å². The van der Waals surface area contributed by atoms with Gasteiger partial charge < -0.3 is 0 Å². The standard InChI is InChI=1S/C12H15NSi/c1-14(2,3)12(9-10-13)11-7-5-4-6-8-11/h4-9H,1-3H3/b12-9+. The number of allylic oxidation sites excluding steroid dienone is 1. The molecule has 1 aromatic rings. The molecule has 0 heterocycles. The van der Waals surface area contributed by atoms with Crippen LogP contribution in [0.3, 0.4) is 0 Å².